The van der Waals surface area contributed by atoms with Gasteiger partial charge in [-0.2, -0.15) is 0 Å². The van der Waals surface area contributed by atoms with Crippen molar-refractivity contribution in [1.29, 1.82) is 0 Å². The number of rotatable bonds is 6. The third kappa shape index (κ3) is 4.95. The SMILES string of the molecule is CCSC(=O)CC(Nc1ccccc1O)C1CCCCC1. The molecule has 1 atom stereocenters. The Balaban J connectivity index is 2.07. The number of benzene rings is 1. The lowest BCUT2D eigenvalue weighted by atomic mass is 9.82. The molecule has 0 heterocycles. The molecule has 2 rings (SSSR count). The van der Waals surface area contributed by atoms with Gasteiger partial charge in [-0.1, -0.05) is 50.1 Å². The molecule has 21 heavy (non-hydrogen) atoms. The molecule has 1 aliphatic carbocycles. The Morgan fingerprint density at radius 2 is 2.05 bits per heavy atom. The standard InChI is InChI=1S/C17H25NO2S/c1-2-21-17(20)12-15(13-8-4-3-5-9-13)18-14-10-6-7-11-16(14)19/h6-7,10-11,13,15,18-19H,2-5,8-9,12H2,1H3. The summed E-state index contributed by atoms with van der Waals surface area (Å²) in [7, 11) is 0. The van der Waals surface area contributed by atoms with E-state index in [9.17, 15) is 9.90 Å². The van der Waals surface area contributed by atoms with Crippen molar-refractivity contribution in [3.05, 3.63) is 24.3 Å². The number of aromatic hydroxyl groups is 1. The second-order valence-electron chi connectivity index (χ2n) is 5.68. The van der Waals surface area contributed by atoms with Gasteiger partial charge in [-0.15, -0.1) is 0 Å². The predicted molar refractivity (Wildman–Crippen MR) is 89.8 cm³/mol. The summed E-state index contributed by atoms with van der Waals surface area (Å²) in [6, 6.07) is 7.41. The van der Waals surface area contributed by atoms with Gasteiger partial charge in [0.05, 0.1) is 5.69 Å². The van der Waals surface area contributed by atoms with Crippen molar-refractivity contribution >= 4 is 22.6 Å². The number of para-hydroxylation sites is 2. The van der Waals surface area contributed by atoms with Crippen LogP contribution in [0.15, 0.2) is 24.3 Å². The summed E-state index contributed by atoms with van der Waals surface area (Å²) in [5, 5.41) is 13.6. The number of phenols is 1. The largest absolute Gasteiger partial charge is 0.506 e. The lowest BCUT2D eigenvalue weighted by Gasteiger charge is -2.31. The highest BCUT2D eigenvalue weighted by atomic mass is 32.2. The first-order chi connectivity index (χ1) is 10.2. The maximum atomic E-state index is 12.0. The van der Waals surface area contributed by atoms with Gasteiger partial charge >= 0.3 is 0 Å². The lowest BCUT2D eigenvalue weighted by molar-refractivity contribution is -0.111. The second kappa shape index (κ2) is 8.32. The Kier molecular flexibility index (Phi) is 6.43. The molecule has 4 heteroatoms. The molecule has 0 spiro atoms. The van der Waals surface area contributed by atoms with Crippen LogP contribution in [0.3, 0.4) is 0 Å². The second-order valence-corrected chi connectivity index (χ2v) is 7.00. The Labute approximate surface area is 131 Å². The fourth-order valence-electron chi connectivity index (χ4n) is 3.07. The number of carbonyl (C=O) groups is 1. The van der Waals surface area contributed by atoms with Crippen molar-refractivity contribution in [3.8, 4) is 5.75 Å². The highest BCUT2D eigenvalue weighted by Gasteiger charge is 2.26. The zero-order valence-electron chi connectivity index (χ0n) is 12.7. The fourth-order valence-corrected chi connectivity index (χ4v) is 3.69. The number of hydrogen-bond acceptors (Lipinski definition) is 4. The molecule has 1 saturated carbocycles. The molecular weight excluding hydrogens is 282 g/mol. The molecule has 2 N–H and O–H groups in total. The van der Waals surface area contributed by atoms with Gasteiger partial charge in [-0.05, 0) is 36.6 Å². The summed E-state index contributed by atoms with van der Waals surface area (Å²) >= 11 is 1.40. The van der Waals surface area contributed by atoms with Gasteiger partial charge < -0.3 is 10.4 Å². The first kappa shape index (κ1) is 16.2. The number of anilines is 1. The van der Waals surface area contributed by atoms with Crippen LogP contribution in [0.4, 0.5) is 5.69 Å². The van der Waals surface area contributed by atoms with Gasteiger partial charge in [0, 0.05) is 12.5 Å². The number of nitrogens with one attached hydrogen (secondary N) is 1. The molecular formula is C17H25NO2S. The molecule has 0 radical (unpaired) electrons. The molecule has 1 aliphatic rings. The minimum Gasteiger partial charge on any atom is -0.506 e. The Hall–Kier alpha value is -1.16. The van der Waals surface area contributed by atoms with Crippen LogP contribution in [0, 0.1) is 5.92 Å². The summed E-state index contributed by atoms with van der Waals surface area (Å²) in [5.41, 5.74) is 0.738. The van der Waals surface area contributed by atoms with Gasteiger partial charge in [0.2, 0.25) is 0 Å². The van der Waals surface area contributed by atoms with Crippen LogP contribution in [-0.4, -0.2) is 22.0 Å². The quantitative estimate of drug-likeness (QED) is 0.764. The average molecular weight is 307 g/mol. The number of phenolic OH excluding ortho intramolecular Hbond substituents is 1. The van der Waals surface area contributed by atoms with Crippen molar-refractivity contribution in [2.45, 2.75) is 51.5 Å². The van der Waals surface area contributed by atoms with E-state index in [0.717, 1.165) is 11.4 Å². The van der Waals surface area contributed by atoms with Crippen molar-refractivity contribution in [2.75, 3.05) is 11.1 Å². The average Bonchev–Trinajstić information content (AvgIpc) is 2.50. The molecule has 1 unspecified atom stereocenters. The number of hydrogen-bond donors (Lipinski definition) is 2. The minimum atomic E-state index is 0.130. The predicted octanol–water partition coefficient (Wildman–Crippen LogP) is 4.42. The van der Waals surface area contributed by atoms with Crippen molar-refractivity contribution < 1.29 is 9.90 Å². The summed E-state index contributed by atoms with van der Waals surface area (Å²) < 4.78 is 0. The minimum absolute atomic E-state index is 0.130. The monoisotopic (exact) mass is 307 g/mol. The summed E-state index contributed by atoms with van der Waals surface area (Å²) in [4.78, 5) is 12.0. The first-order valence-electron chi connectivity index (χ1n) is 7.91. The number of thioether (sulfide) groups is 1. The van der Waals surface area contributed by atoms with Gasteiger partial charge in [0.1, 0.15) is 5.75 Å². The fraction of sp³-hybridized carbons (Fsp3) is 0.588. The molecule has 0 amide bonds. The third-order valence-electron chi connectivity index (χ3n) is 4.16. The zero-order valence-corrected chi connectivity index (χ0v) is 13.5. The molecule has 1 fully saturated rings. The van der Waals surface area contributed by atoms with Crippen molar-refractivity contribution in [2.24, 2.45) is 5.92 Å². The molecule has 0 saturated heterocycles. The Morgan fingerprint density at radius 1 is 1.33 bits per heavy atom. The lowest BCUT2D eigenvalue weighted by Crippen LogP contribution is -2.32. The van der Waals surface area contributed by atoms with E-state index in [1.807, 2.05) is 25.1 Å². The van der Waals surface area contributed by atoms with Crippen LogP contribution in [0.2, 0.25) is 0 Å². The first-order valence-corrected chi connectivity index (χ1v) is 8.89. The van der Waals surface area contributed by atoms with Crippen LogP contribution in [0.1, 0.15) is 45.4 Å². The van der Waals surface area contributed by atoms with Crippen molar-refractivity contribution in [1.82, 2.24) is 0 Å². The summed E-state index contributed by atoms with van der Waals surface area (Å²) in [6.07, 6.45) is 6.69. The van der Waals surface area contributed by atoms with E-state index in [-0.39, 0.29) is 16.9 Å². The zero-order chi connectivity index (χ0) is 15.1. The Morgan fingerprint density at radius 3 is 2.71 bits per heavy atom. The van der Waals surface area contributed by atoms with Crippen LogP contribution in [0.5, 0.6) is 5.75 Å². The molecule has 0 bridgehead atoms. The van der Waals surface area contributed by atoms with Crippen LogP contribution < -0.4 is 5.32 Å². The van der Waals surface area contributed by atoms with E-state index in [1.165, 1.54) is 43.9 Å². The van der Waals surface area contributed by atoms with Gasteiger partial charge in [0.15, 0.2) is 5.12 Å². The highest BCUT2D eigenvalue weighted by Crippen LogP contribution is 2.32. The molecule has 116 valence electrons. The van der Waals surface area contributed by atoms with E-state index in [0.29, 0.717) is 12.3 Å². The molecule has 0 aromatic heterocycles. The molecule has 3 nitrogen and oxygen atoms in total. The van der Waals surface area contributed by atoms with Gasteiger partial charge in [-0.3, -0.25) is 4.79 Å². The van der Waals surface area contributed by atoms with Crippen LogP contribution >= 0.6 is 11.8 Å². The maximum absolute atomic E-state index is 12.0. The molecule has 1 aromatic carbocycles. The van der Waals surface area contributed by atoms with E-state index < -0.39 is 0 Å². The molecule has 1 aromatic rings. The maximum Gasteiger partial charge on any atom is 0.190 e. The van der Waals surface area contributed by atoms with Gasteiger partial charge in [-0.25, -0.2) is 0 Å². The van der Waals surface area contributed by atoms with Crippen molar-refractivity contribution in [3.63, 3.8) is 0 Å². The van der Waals surface area contributed by atoms with E-state index in [4.69, 9.17) is 0 Å². The van der Waals surface area contributed by atoms with Crippen LogP contribution in [0.25, 0.3) is 0 Å². The molecule has 0 aliphatic heterocycles. The summed E-state index contributed by atoms with van der Waals surface area (Å²) in [6.45, 7) is 2.01. The third-order valence-corrected chi connectivity index (χ3v) is 4.93. The Bertz CT molecular complexity index is 458. The van der Waals surface area contributed by atoms with Crippen LogP contribution in [-0.2, 0) is 4.79 Å². The van der Waals surface area contributed by atoms with Gasteiger partial charge in [0.25, 0.3) is 0 Å². The smallest absolute Gasteiger partial charge is 0.190 e. The number of carbonyl (C=O) groups excluding carboxylic acids is 1. The van der Waals surface area contributed by atoms with E-state index in [2.05, 4.69) is 5.32 Å². The normalized spacial score (nSPS) is 17.4. The van der Waals surface area contributed by atoms with E-state index >= 15 is 0 Å². The summed E-state index contributed by atoms with van der Waals surface area (Å²) in [5.74, 6) is 1.61. The van der Waals surface area contributed by atoms with E-state index in [1.54, 1.807) is 6.07 Å². The topological polar surface area (TPSA) is 49.3 Å². The highest BCUT2D eigenvalue weighted by molar-refractivity contribution is 8.13.